The Balaban J connectivity index is 1.82. The fourth-order valence-corrected chi connectivity index (χ4v) is 3.84. The number of nitrogens with two attached hydrogens (primary N) is 1. The van der Waals surface area contributed by atoms with E-state index in [1.54, 1.807) is 50.2 Å². The van der Waals surface area contributed by atoms with Gasteiger partial charge in [-0.3, -0.25) is 4.79 Å². The normalized spacial score (nSPS) is 11.2. The second kappa shape index (κ2) is 10.4. The van der Waals surface area contributed by atoms with Gasteiger partial charge in [0, 0.05) is 5.69 Å². The molecule has 0 spiro atoms. The number of hydrogen-bond acceptors (Lipinski definition) is 9. The number of carbonyl (C=O) groups is 2. The standard InChI is InChI=1S/C23H19N5O4S/c1-3-31-23(30)14-6-8-15(9-7-14)27-21(29)13(2)33-22-17(12-25)19(18-5-4-10-32-18)16(11-24)20(26)28-22/h4-10,13H,3H2,1-2H3,(H2,26,28)(H,27,29). The summed E-state index contributed by atoms with van der Waals surface area (Å²) in [5.41, 5.74) is 7.19. The van der Waals surface area contributed by atoms with Crippen molar-refractivity contribution in [3.8, 4) is 23.5 Å². The molecule has 3 N–H and O–H groups in total. The predicted molar refractivity (Wildman–Crippen MR) is 122 cm³/mol. The van der Waals surface area contributed by atoms with Gasteiger partial charge in [0.2, 0.25) is 5.91 Å². The molecule has 10 heteroatoms. The largest absolute Gasteiger partial charge is 0.464 e. The van der Waals surface area contributed by atoms with Gasteiger partial charge in [-0.05, 0) is 50.2 Å². The maximum absolute atomic E-state index is 12.7. The number of ether oxygens (including phenoxy) is 1. The van der Waals surface area contributed by atoms with Crippen LogP contribution in [0.4, 0.5) is 11.5 Å². The lowest BCUT2D eigenvalue weighted by molar-refractivity contribution is -0.115. The van der Waals surface area contributed by atoms with Gasteiger partial charge in [0.15, 0.2) is 0 Å². The molecule has 1 aromatic carbocycles. The van der Waals surface area contributed by atoms with Gasteiger partial charge in [-0.25, -0.2) is 9.78 Å². The fraction of sp³-hybridized carbons (Fsp3) is 0.174. The van der Waals surface area contributed by atoms with Crippen LogP contribution in [0.15, 0.2) is 52.1 Å². The zero-order chi connectivity index (χ0) is 24.0. The summed E-state index contributed by atoms with van der Waals surface area (Å²) in [5.74, 6) is -0.553. The molecular formula is C23H19N5O4S. The number of amides is 1. The Labute approximate surface area is 194 Å². The van der Waals surface area contributed by atoms with Crippen molar-refractivity contribution in [3.05, 3.63) is 59.4 Å². The Bertz CT molecular complexity index is 1260. The van der Waals surface area contributed by atoms with E-state index in [0.29, 0.717) is 17.0 Å². The van der Waals surface area contributed by atoms with E-state index in [2.05, 4.69) is 16.4 Å². The molecule has 3 aromatic rings. The number of rotatable bonds is 7. The first-order valence-corrected chi connectivity index (χ1v) is 10.7. The quantitative estimate of drug-likeness (QED) is 0.393. The third kappa shape index (κ3) is 5.14. The van der Waals surface area contributed by atoms with E-state index < -0.39 is 11.2 Å². The van der Waals surface area contributed by atoms with Crippen molar-refractivity contribution >= 4 is 35.1 Å². The van der Waals surface area contributed by atoms with Crippen molar-refractivity contribution in [2.75, 3.05) is 17.7 Å². The van der Waals surface area contributed by atoms with Gasteiger partial charge in [-0.1, -0.05) is 11.8 Å². The summed E-state index contributed by atoms with van der Waals surface area (Å²) in [6.07, 6.45) is 1.42. The number of esters is 1. The molecule has 0 radical (unpaired) electrons. The van der Waals surface area contributed by atoms with Crippen LogP contribution in [-0.4, -0.2) is 28.7 Å². The van der Waals surface area contributed by atoms with Crippen LogP contribution in [0.5, 0.6) is 0 Å². The number of nitrogen functional groups attached to an aromatic ring is 1. The maximum atomic E-state index is 12.7. The van der Waals surface area contributed by atoms with Gasteiger partial charge in [-0.2, -0.15) is 10.5 Å². The Morgan fingerprint density at radius 1 is 1.21 bits per heavy atom. The summed E-state index contributed by atoms with van der Waals surface area (Å²) in [5, 5.41) is 21.6. The van der Waals surface area contributed by atoms with E-state index >= 15 is 0 Å². The summed E-state index contributed by atoms with van der Waals surface area (Å²) in [7, 11) is 0. The fourth-order valence-electron chi connectivity index (χ4n) is 2.92. The smallest absolute Gasteiger partial charge is 0.338 e. The molecule has 1 unspecified atom stereocenters. The van der Waals surface area contributed by atoms with Gasteiger partial charge < -0.3 is 20.2 Å². The summed E-state index contributed by atoms with van der Waals surface area (Å²) >= 11 is 1.03. The molecule has 33 heavy (non-hydrogen) atoms. The number of nitriles is 2. The van der Waals surface area contributed by atoms with E-state index in [1.165, 1.54) is 6.26 Å². The highest BCUT2D eigenvalue weighted by Gasteiger charge is 2.25. The molecule has 3 rings (SSSR count). The van der Waals surface area contributed by atoms with Crippen molar-refractivity contribution in [2.24, 2.45) is 0 Å². The van der Waals surface area contributed by atoms with E-state index in [1.807, 2.05) is 6.07 Å². The van der Waals surface area contributed by atoms with Crippen molar-refractivity contribution in [1.82, 2.24) is 4.98 Å². The topological polar surface area (TPSA) is 155 Å². The second-order valence-corrected chi connectivity index (χ2v) is 8.00. The minimum absolute atomic E-state index is 0.0321. The molecule has 1 atom stereocenters. The molecule has 0 aliphatic carbocycles. The Morgan fingerprint density at radius 2 is 1.91 bits per heavy atom. The molecule has 0 aliphatic rings. The van der Waals surface area contributed by atoms with Crippen molar-refractivity contribution < 1.29 is 18.7 Å². The number of anilines is 2. The van der Waals surface area contributed by atoms with Crippen LogP contribution >= 0.6 is 11.8 Å². The maximum Gasteiger partial charge on any atom is 0.338 e. The lowest BCUT2D eigenvalue weighted by Gasteiger charge is -2.15. The summed E-state index contributed by atoms with van der Waals surface area (Å²) < 4.78 is 10.3. The van der Waals surface area contributed by atoms with Gasteiger partial charge in [0.25, 0.3) is 0 Å². The number of hydrogen-bond donors (Lipinski definition) is 2. The van der Waals surface area contributed by atoms with Crippen LogP contribution in [0.2, 0.25) is 0 Å². The molecule has 9 nitrogen and oxygen atoms in total. The van der Waals surface area contributed by atoms with Gasteiger partial charge in [0.05, 0.1) is 34.8 Å². The Kier molecular flexibility index (Phi) is 7.34. The third-order valence-corrected chi connectivity index (χ3v) is 5.59. The highest BCUT2D eigenvalue weighted by Crippen LogP contribution is 2.37. The number of nitrogens with one attached hydrogen (secondary N) is 1. The lowest BCUT2D eigenvalue weighted by atomic mass is 10.0. The second-order valence-electron chi connectivity index (χ2n) is 6.68. The first-order chi connectivity index (χ1) is 15.9. The van der Waals surface area contributed by atoms with Gasteiger partial charge in [0.1, 0.15) is 34.3 Å². The van der Waals surface area contributed by atoms with Crippen LogP contribution in [0.1, 0.15) is 35.3 Å². The molecule has 0 fully saturated rings. The SMILES string of the molecule is CCOC(=O)c1ccc(NC(=O)C(C)Sc2nc(N)c(C#N)c(-c3ccco3)c2C#N)cc1. The lowest BCUT2D eigenvalue weighted by Crippen LogP contribution is -2.23. The average Bonchev–Trinajstić information content (AvgIpc) is 3.34. The number of furan rings is 1. The number of aromatic nitrogens is 1. The number of thioether (sulfide) groups is 1. The molecule has 166 valence electrons. The average molecular weight is 462 g/mol. The number of benzene rings is 1. The third-order valence-electron chi connectivity index (χ3n) is 4.50. The number of pyridine rings is 1. The number of carbonyl (C=O) groups excluding carboxylic acids is 2. The van der Waals surface area contributed by atoms with Crippen molar-refractivity contribution in [3.63, 3.8) is 0 Å². The summed E-state index contributed by atoms with van der Waals surface area (Å²) in [6.45, 7) is 3.64. The highest BCUT2D eigenvalue weighted by molar-refractivity contribution is 8.00. The molecule has 0 aliphatic heterocycles. The van der Waals surface area contributed by atoms with E-state index in [9.17, 15) is 20.1 Å². The summed E-state index contributed by atoms with van der Waals surface area (Å²) in [4.78, 5) is 28.7. The van der Waals surface area contributed by atoms with Crippen LogP contribution < -0.4 is 11.1 Å². The molecule has 1 amide bonds. The van der Waals surface area contributed by atoms with Gasteiger partial charge >= 0.3 is 5.97 Å². The van der Waals surface area contributed by atoms with Gasteiger partial charge in [-0.15, -0.1) is 0 Å². The zero-order valence-corrected chi connectivity index (χ0v) is 18.6. The van der Waals surface area contributed by atoms with Crippen LogP contribution in [-0.2, 0) is 9.53 Å². The molecular weight excluding hydrogens is 442 g/mol. The zero-order valence-electron chi connectivity index (χ0n) is 17.8. The molecule has 0 bridgehead atoms. The van der Waals surface area contributed by atoms with E-state index in [0.717, 1.165) is 11.8 Å². The monoisotopic (exact) mass is 461 g/mol. The minimum atomic E-state index is -0.661. The Hall–Kier alpha value is -4.28. The number of nitrogens with zero attached hydrogens (tertiary/aromatic N) is 3. The van der Waals surface area contributed by atoms with Crippen LogP contribution in [0.3, 0.4) is 0 Å². The molecule has 0 saturated heterocycles. The predicted octanol–water partition coefficient (Wildman–Crippen LogP) is 3.96. The molecule has 0 saturated carbocycles. The summed E-state index contributed by atoms with van der Waals surface area (Å²) in [6, 6.07) is 13.5. The van der Waals surface area contributed by atoms with E-state index in [-0.39, 0.29) is 40.0 Å². The minimum Gasteiger partial charge on any atom is -0.464 e. The van der Waals surface area contributed by atoms with Crippen molar-refractivity contribution in [2.45, 2.75) is 24.1 Å². The highest BCUT2D eigenvalue weighted by atomic mass is 32.2. The van der Waals surface area contributed by atoms with Crippen LogP contribution in [0, 0.1) is 22.7 Å². The molecule has 2 aromatic heterocycles. The Morgan fingerprint density at radius 3 is 2.48 bits per heavy atom. The molecule has 2 heterocycles. The van der Waals surface area contributed by atoms with E-state index in [4.69, 9.17) is 14.9 Å². The first kappa shape index (κ1) is 23.4. The van der Waals surface area contributed by atoms with Crippen LogP contribution in [0.25, 0.3) is 11.3 Å². The first-order valence-electron chi connectivity index (χ1n) is 9.81. The van der Waals surface area contributed by atoms with Crippen molar-refractivity contribution in [1.29, 1.82) is 10.5 Å².